The average molecular weight is 486 g/mol. The maximum Gasteiger partial charge on any atom is 0.243 e. The van der Waals surface area contributed by atoms with Crippen molar-refractivity contribution in [2.75, 3.05) is 19.6 Å². The van der Waals surface area contributed by atoms with Gasteiger partial charge in [-0.05, 0) is 51.1 Å². The summed E-state index contributed by atoms with van der Waals surface area (Å²) in [7, 11) is 0. The Hall–Kier alpha value is -2.57. The third-order valence-corrected chi connectivity index (χ3v) is 5.08. The minimum Gasteiger partial charge on any atom is -0.354 e. The molecule has 0 aliphatic rings. The number of hydrogen-bond donors (Lipinski definition) is 7. The standard InChI is InChI=1S/C22H43N7O5/c1-4-16(20(32)26-11-5-6-12-30)27-21(33)18(8-10-24)29-22(34)17(7-9-23)28-19(31)15(25)13-14(2)3/h12,14-18H,4-11,13,23-25H2,1-3H3,(H,26,32)(H,27,33)(H,28,31)(H,29,34)/t15-,16-,17-,18-/m0/s1. The number of aldehydes is 1. The molecule has 0 bridgehead atoms. The van der Waals surface area contributed by atoms with Crippen molar-refractivity contribution < 1.29 is 24.0 Å². The highest BCUT2D eigenvalue weighted by Crippen LogP contribution is 2.04. The van der Waals surface area contributed by atoms with Crippen LogP contribution < -0.4 is 38.5 Å². The Kier molecular flexibility index (Phi) is 16.5. The molecule has 0 aliphatic heterocycles. The molecule has 0 rings (SSSR count). The smallest absolute Gasteiger partial charge is 0.243 e. The van der Waals surface area contributed by atoms with Crippen LogP contribution in [0.25, 0.3) is 0 Å². The van der Waals surface area contributed by atoms with Crippen LogP contribution in [-0.2, 0) is 24.0 Å². The molecule has 10 N–H and O–H groups in total. The minimum absolute atomic E-state index is 0.111. The summed E-state index contributed by atoms with van der Waals surface area (Å²) in [6.07, 6.45) is 2.67. The Morgan fingerprint density at radius 2 is 1.32 bits per heavy atom. The van der Waals surface area contributed by atoms with Gasteiger partial charge in [-0.25, -0.2) is 0 Å². The van der Waals surface area contributed by atoms with E-state index >= 15 is 0 Å². The molecule has 34 heavy (non-hydrogen) atoms. The van der Waals surface area contributed by atoms with Crippen molar-refractivity contribution in [1.29, 1.82) is 0 Å². The van der Waals surface area contributed by atoms with Crippen LogP contribution in [-0.4, -0.2) is 73.7 Å². The van der Waals surface area contributed by atoms with Crippen LogP contribution in [0.2, 0.25) is 0 Å². The van der Waals surface area contributed by atoms with Gasteiger partial charge in [-0.3, -0.25) is 19.2 Å². The number of rotatable bonds is 18. The van der Waals surface area contributed by atoms with Crippen molar-refractivity contribution in [2.24, 2.45) is 23.1 Å². The maximum atomic E-state index is 12.8. The zero-order valence-electron chi connectivity index (χ0n) is 20.6. The van der Waals surface area contributed by atoms with Crippen molar-refractivity contribution >= 4 is 29.9 Å². The fraction of sp³-hybridized carbons (Fsp3) is 0.773. The Bertz CT molecular complexity index is 660. The normalized spacial score (nSPS) is 14.4. The molecule has 4 atom stereocenters. The maximum absolute atomic E-state index is 12.8. The fourth-order valence-corrected chi connectivity index (χ4v) is 3.18. The Balaban J connectivity index is 5.14. The average Bonchev–Trinajstić information content (AvgIpc) is 2.78. The van der Waals surface area contributed by atoms with E-state index in [9.17, 15) is 24.0 Å². The molecule has 0 saturated heterocycles. The lowest BCUT2D eigenvalue weighted by atomic mass is 10.0. The van der Waals surface area contributed by atoms with Crippen LogP contribution in [0.1, 0.15) is 59.3 Å². The predicted molar refractivity (Wildman–Crippen MR) is 129 cm³/mol. The second-order valence-corrected chi connectivity index (χ2v) is 8.58. The molecule has 0 aromatic carbocycles. The van der Waals surface area contributed by atoms with Gasteiger partial charge < -0.3 is 43.3 Å². The van der Waals surface area contributed by atoms with Crippen LogP contribution in [0.3, 0.4) is 0 Å². The van der Waals surface area contributed by atoms with Gasteiger partial charge >= 0.3 is 0 Å². The summed E-state index contributed by atoms with van der Waals surface area (Å²) in [5.41, 5.74) is 17.1. The van der Waals surface area contributed by atoms with E-state index in [0.29, 0.717) is 32.2 Å². The van der Waals surface area contributed by atoms with E-state index in [1.807, 2.05) is 13.8 Å². The van der Waals surface area contributed by atoms with Gasteiger partial charge in [-0.2, -0.15) is 0 Å². The highest BCUT2D eigenvalue weighted by molar-refractivity contribution is 5.94. The summed E-state index contributed by atoms with van der Waals surface area (Å²) < 4.78 is 0. The number of nitrogens with one attached hydrogen (secondary N) is 4. The molecule has 0 fully saturated rings. The molecule has 0 saturated carbocycles. The molecule has 196 valence electrons. The first-order valence-electron chi connectivity index (χ1n) is 11.9. The lowest BCUT2D eigenvalue weighted by molar-refractivity contribution is -0.134. The van der Waals surface area contributed by atoms with Crippen LogP contribution in [0.15, 0.2) is 0 Å². The van der Waals surface area contributed by atoms with E-state index in [1.165, 1.54) is 0 Å². The molecule has 12 nitrogen and oxygen atoms in total. The van der Waals surface area contributed by atoms with Crippen LogP contribution in [0.4, 0.5) is 0 Å². The Morgan fingerprint density at radius 3 is 1.76 bits per heavy atom. The second-order valence-electron chi connectivity index (χ2n) is 8.58. The molecule has 0 radical (unpaired) electrons. The molecule has 0 spiro atoms. The zero-order chi connectivity index (χ0) is 26.1. The second kappa shape index (κ2) is 17.8. The van der Waals surface area contributed by atoms with Gasteiger partial charge in [0.2, 0.25) is 23.6 Å². The first-order valence-corrected chi connectivity index (χ1v) is 11.9. The van der Waals surface area contributed by atoms with Crippen molar-refractivity contribution in [3.8, 4) is 0 Å². The Morgan fingerprint density at radius 1 is 0.824 bits per heavy atom. The zero-order valence-corrected chi connectivity index (χ0v) is 20.6. The lowest BCUT2D eigenvalue weighted by Gasteiger charge is -2.25. The first kappa shape index (κ1) is 31.4. The van der Waals surface area contributed by atoms with Gasteiger partial charge in [0, 0.05) is 13.0 Å². The molecule has 0 unspecified atom stereocenters. The van der Waals surface area contributed by atoms with Gasteiger partial charge in [0.1, 0.15) is 24.4 Å². The third-order valence-electron chi connectivity index (χ3n) is 5.08. The number of nitrogens with two attached hydrogens (primary N) is 3. The van der Waals surface area contributed by atoms with Gasteiger partial charge in [-0.1, -0.05) is 20.8 Å². The Labute approximate surface area is 201 Å². The molecule has 0 aliphatic carbocycles. The first-order chi connectivity index (χ1) is 16.1. The van der Waals surface area contributed by atoms with Gasteiger partial charge in [0.15, 0.2) is 0 Å². The van der Waals surface area contributed by atoms with Gasteiger partial charge in [-0.15, -0.1) is 0 Å². The third kappa shape index (κ3) is 12.6. The van der Waals surface area contributed by atoms with Crippen molar-refractivity contribution in [3.05, 3.63) is 0 Å². The molecular weight excluding hydrogens is 442 g/mol. The summed E-state index contributed by atoms with van der Waals surface area (Å²) >= 11 is 0. The fourth-order valence-electron chi connectivity index (χ4n) is 3.18. The molecule has 0 aromatic rings. The van der Waals surface area contributed by atoms with Gasteiger partial charge in [0.05, 0.1) is 6.04 Å². The number of amides is 4. The molecular formula is C22H43N7O5. The van der Waals surface area contributed by atoms with Crippen molar-refractivity contribution in [2.45, 2.75) is 83.5 Å². The van der Waals surface area contributed by atoms with E-state index in [-0.39, 0.29) is 37.8 Å². The van der Waals surface area contributed by atoms with Crippen LogP contribution >= 0.6 is 0 Å². The van der Waals surface area contributed by atoms with E-state index in [4.69, 9.17) is 17.2 Å². The van der Waals surface area contributed by atoms with Crippen LogP contribution in [0, 0.1) is 5.92 Å². The highest BCUT2D eigenvalue weighted by Gasteiger charge is 2.29. The summed E-state index contributed by atoms with van der Waals surface area (Å²) in [6, 6.07) is -3.55. The quantitative estimate of drug-likeness (QED) is 0.0851. The van der Waals surface area contributed by atoms with E-state index in [2.05, 4.69) is 21.3 Å². The van der Waals surface area contributed by atoms with Crippen molar-refractivity contribution in [1.82, 2.24) is 21.3 Å². The van der Waals surface area contributed by atoms with Crippen molar-refractivity contribution in [3.63, 3.8) is 0 Å². The molecule has 0 aromatic heterocycles. The minimum atomic E-state index is -1.00. The SMILES string of the molecule is CC[C@H](NC(=O)[C@H](CCN)NC(=O)[C@H](CCN)NC(=O)[C@@H](N)CC(C)C)C(=O)NCCCC=O. The van der Waals surface area contributed by atoms with Crippen LogP contribution in [0.5, 0.6) is 0 Å². The molecule has 12 heteroatoms. The topological polar surface area (TPSA) is 212 Å². The van der Waals surface area contributed by atoms with E-state index in [1.54, 1.807) is 6.92 Å². The lowest BCUT2D eigenvalue weighted by Crippen LogP contribution is -2.58. The number of carbonyl (C=O) groups excluding carboxylic acids is 5. The predicted octanol–water partition coefficient (Wildman–Crippen LogP) is -1.98. The summed E-state index contributed by atoms with van der Waals surface area (Å²) in [5, 5.41) is 10.5. The molecule has 0 heterocycles. The summed E-state index contributed by atoms with van der Waals surface area (Å²) in [4.78, 5) is 60.7. The molecule has 4 amide bonds. The van der Waals surface area contributed by atoms with Gasteiger partial charge in [0.25, 0.3) is 0 Å². The summed E-state index contributed by atoms with van der Waals surface area (Å²) in [5.74, 6) is -1.81. The number of carbonyl (C=O) groups is 5. The summed E-state index contributed by atoms with van der Waals surface area (Å²) in [6.45, 7) is 6.16. The van der Waals surface area contributed by atoms with E-state index < -0.39 is 41.9 Å². The largest absolute Gasteiger partial charge is 0.354 e. The number of unbranched alkanes of at least 4 members (excludes halogenated alkanes) is 1. The highest BCUT2D eigenvalue weighted by atomic mass is 16.2. The monoisotopic (exact) mass is 485 g/mol. The van der Waals surface area contributed by atoms with E-state index in [0.717, 1.165) is 6.29 Å². The number of hydrogen-bond acceptors (Lipinski definition) is 8.